The summed E-state index contributed by atoms with van der Waals surface area (Å²) in [7, 11) is 3.34. The Kier molecular flexibility index (Phi) is 6.94. The maximum absolute atomic E-state index is 13.0. The molecule has 4 aromatic rings. The third-order valence-electron chi connectivity index (χ3n) is 5.47. The molecule has 3 heterocycles. The fourth-order valence-corrected chi connectivity index (χ4v) is 4.72. The third-order valence-corrected chi connectivity index (χ3v) is 6.67. The molecule has 0 spiro atoms. The number of nitrogens with two attached hydrogens (primary N) is 1. The van der Waals surface area contributed by atoms with Crippen LogP contribution in [0, 0.1) is 6.92 Å². The van der Waals surface area contributed by atoms with Crippen LogP contribution in [0.5, 0.6) is 0 Å². The first kappa shape index (κ1) is 25.4. The molecular weight excluding hydrogens is 494 g/mol. The quantitative estimate of drug-likeness (QED) is 0.295. The molecule has 11 nitrogen and oxygen atoms in total. The molecule has 0 bridgehead atoms. The smallest absolute Gasteiger partial charge is 0.272 e. The summed E-state index contributed by atoms with van der Waals surface area (Å²) < 4.78 is 3.11. The second kappa shape index (κ2) is 10.1. The number of nitrogens with one attached hydrogen (secondary N) is 3. The van der Waals surface area contributed by atoms with E-state index in [0.29, 0.717) is 38.3 Å². The lowest BCUT2D eigenvalue weighted by atomic mass is 10.2. The number of nitrogens with zero attached hydrogens (tertiary/aromatic N) is 3. The summed E-state index contributed by atoms with van der Waals surface area (Å²) in [4.78, 5) is 53.4. The SMILES string of the molecule is CC(=O)Nc1ccc(-c2nc(C)c(C(=O)Nc3cc(C(=O)Nc4cc(C(N)=O)n(C)c4)n(C)c3)s2)cc1. The molecule has 37 heavy (non-hydrogen) atoms. The predicted octanol–water partition coefficient (Wildman–Crippen LogP) is 3.36. The summed E-state index contributed by atoms with van der Waals surface area (Å²) in [6, 6.07) is 10.2. The van der Waals surface area contributed by atoms with Crippen LogP contribution < -0.4 is 21.7 Å². The highest BCUT2D eigenvalue weighted by molar-refractivity contribution is 7.17. The first-order valence-corrected chi connectivity index (χ1v) is 11.9. The zero-order valence-electron chi connectivity index (χ0n) is 20.6. The summed E-state index contributed by atoms with van der Waals surface area (Å²) >= 11 is 1.25. The number of aromatic nitrogens is 3. The van der Waals surface area contributed by atoms with Crippen molar-refractivity contribution in [3.05, 3.63) is 70.8 Å². The van der Waals surface area contributed by atoms with Crippen LogP contribution >= 0.6 is 11.3 Å². The number of anilines is 3. The first-order valence-electron chi connectivity index (χ1n) is 11.1. The summed E-state index contributed by atoms with van der Waals surface area (Å²) in [6.45, 7) is 3.19. The van der Waals surface area contributed by atoms with E-state index in [9.17, 15) is 19.2 Å². The lowest BCUT2D eigenvalue weighted by Gasteiger charge is -2.03. The summed E-state index contributed by atoms with van der Waals surface area (Å²) in [5, 5.41) is 8.93. The molecule has 190 valence electrons. The van der Waals surface area contributed by atoms with E-state index in [2.05, 4.69) is 20.9 Å². The Labute approximate surface area is 216 Å². The summed E-state index contributed by atoms with van der Waals surface area (Å²) in [5.74, 6) is -1.52. The van der Waals surface area contributed by atoms with Crippen molar-refractivity contribution in [1.82, 2.24) is 14.1 Å². The molecule has 0 saturated carbocycles. The van der Waals surface area contributed by atoms with Crippen LogP contribution in [0.2, 0.25) is 0 Å². The molecule has 0 fully saturated rings. The normalized spacial score (nSPS) is 10.7. The van der Waals surface area contributed by atoms with Gasteiger partial charge in [-0.2, -0.15) is 0 Å². The molecule has 0 radical (unpaired) electrons. The standard InChI is InChI=1S/C25H25N7O4S/c1-13-21(37-25(27-13)15-5-7-16(8-6-15)28-14(2)33)24(36)30-18-10-20(32(4)12-18)23(35)29-17-9-19(22(26)34)31(3)11-17/h5-12H,1-4H3,(H2,26,34)(H,28,33)(H,29,35)(H,30,36). The first-order chi connectivity index (χ1) is 17.5. The topological polar surface area (TPSA) is 153 Å². The van der Waals surface area contributed by atoms with E-state index in [1.54, 1.807) is 56.2 Å². The van der Waals surface area contributed by atoms with Gasteiger partial charge in [0.15, 0.2) is 0 Å². The van der Waals surface area contributed by atoms with Gasteiger partial charge in [0.25, 0.3) is 17.7 Å². The largest absolute Gasteiger partial charge is 0.364 e. The Bertz CT molecular complexity index is 1530. The molecule has 12 heteroatoms. The number of primary amides is 1. The van der Waals surface area contributed by atoms with Gasteiger partial charge in [-0.05, 0) is 43.3 Å². The van der Waals surface area contributed by atoms with Crippen LogP contribution in [-0.2, 0) is 18.9 Å². The zero-order valence-corrected chi connectivity index (χ0v) is 21.4. The number of amides is 4. The van der Waals surface area contributed by atoms with Crippen molar-refractivity contribution >= 4 is 52.0 Å². The highest BCUT2D eigenvalue weighted by atomic mass is 32.1. The lowest BCUT2D eigenvalue weighted by molar-refractivity contribution is -0.114. The Morgan fingerprint density at radius 2 is 1.41 bits per heavy atom. The maximum atomic E-state index is 13.0. The minimum absolute atomic E-state index is 0.157. The Morgan fingerprint density at radius 1 is 0.838 bits per heavy atom. The van der Waals surface area contributed by atoms with Crippen LogP contribution in [0.3, 0.4) is 0 Å². The average molecular weight is 520 g/mol. The number of thiazole rings is 1. The maximum Gasteiger partial charge on any atom is 0.272 e. The molecule has 0 aliphatic rings. The second-order valence-electron chi connectivity index (χ2n) is 8.41. The molecule has 0 aliphatic heterocycles. The van der Waals surface area contributed by atoms with Crippen LogP contribution in [-0.4, -0.2) is 37.7 Å². The number of hydrogen-bond donors (Lipinski definition) is 4. The van der Waals surface area contributed by atoms with E-state index in [0.717, 1.165) is 5.56 Å². The fourth-order valence-electron chi connectivity index (χ4n) is 3.75. The molecule has 4 rings (SSSR count). The van der Waals surface area contributed by atoms with Crippen LogP contribution in [0.25, 0.3) is 10.6 Å². The molecule has 0 aliphatic carbocycles. The van der Waals surface area contributed by atoms with Gasteiger partial charge in [-0.1, -0.05) is 0 Å². The van der Waals surface area contributed by atoms with Gasteiger partial charge in [-0.25, -0.2) is 4.98 Å². The van der Waals surface area contributed by atoms with Crippen molar-refractivity contribution in [2.75, 3.05) is 16.0 Å². The van der Waals surface area contributed by atoms with Gasteiger partial charge in [0.1, 0.15) is 21.3 Å². The molecule has 5 N–H and O–H groups in total. The van der Waals surface area contributed by atoms with Gasteiger partial charge in [-0.15, -0.1) is 11.3 Å². The molecule has 3 aromatic heterocycles. The highest BCUT2D eigenvalue weighted by Gasteiger charge is 2.19. The van der Waals surface area contributed by atoms with Crippen LogP contribution in [0.4, 0.5) is 17.1 Å². The average Bonchev–Trinajstić information content (AvgIpc) is 3.50. The van der Waals surface area contributed by atoms with Gasteiger partial charge >= 0.3 is 0 Å². The molecule has 4 amide bonds. The number of rotatable bonds is 7. The van der Waals surface area contributed by atoms with Crippen molar-refractivity contribution in [1.29, 1.82) is 0 Å². The predicted molar refractivity (Wildman–Crippen MR) is 142 cm³/mol. The molecular formula is C25H25N7O4S. The second-order valence-corrected chi connectivity index (χ2v) is 9.41. The molecule has 0 unspecified atom stereocenters. The lowest BCUT2D eigenvalue weighted by Crippen LogP contribution is -2.15. The van der Waals surface area contributed by atoms with Crippen molar-refractivity contribution in [2.24, 2.45) is 19.8 Å². The van der Waals surface area contributed by atoms with Gasteiger partial charge in [-0.3, -0.25) is 19.2 Å². The summed E-state index contributed by atoms with van der Waals surface area (Å²) in [5.41, 5.74) is 8.83. The van der Waals surface area contributed by atoms with Crippen molar-refractivity contribution in [2.45, 2.75) is 13.8 Å². The van der Waals surface area contributed by atoms with Crippen molar-refractivity contribution < 1.29 is 19.2 Å². The Hall–Kier alpha value is -4.71. The van der Waals surface area contributed by atoms with Gasteiger partial charge in [0.2, 0.25) is 5.91 Å². The van der Waals surface area contributed by atoms with Crippen molar-refractivity contribution in [3.63, 3.8) is 0 Å². The highest BCUT2D eigenvalue weighted by Crippen LogP contribution is 2.29. The minimum atomic E-state index is -0.601. The van der Waals surface area contributed by atoms with E-state index in [1.165, 1.54) is 28.9 Å². The van der Waals surface area contributed by atoms with E-state index < -0.39 is 11.8 Å². The summed E-state index contributed by atoms with van der Waals surface area (Å²) in [6.07, 6.45) is 3.21. The number of benzene rings is 1. The van der Waals surface area contributed by atoms with E-state index >= 15 is 0 Å². The van der Waals surface area contributed by atoms with Gasteiger partial charge < -0.3 is 30.8 Å². The number of carbonyl (C=O) groups is 4. The number of hydrogen-bond acceptors (Lipinski definition) is 6. The fraction of sp³-hybridized carbons (Fsp3) is 0.160. The van der Waals surface area contributed by atoms with Crippen LogP contribution in [0.15, 0.2) is 48.8 Å². The number of aryl methyl sites for hydroxylation is 3. The third kappa shape index (κ3) is 5.59. The van der Waals surface area contributed by atoms with Crippen LogP contribution in [0.1, 0.15) is 43.3 Å². The Morgan fingerprint density at radius 3 is 1.97 bits per heavy atom. The van der Waals surface area contributed by atoms with E-state index in [4.69, 9.17) is 5.73 Å². The molecule has 1 aromatic carbocycles. The molecule has 0 saturated heterocycles. The van der Waals surface area contributed by atoms with Crippen molar-refractivity contribution in [3.8, 4) is 10.6 Å². The minimum Gasteiger partial charge on any atom is -0.364 e. The van der Waals surface area contributed by atoms with E-state index in [-0.39, 0.29) is 17.5 Å². The van der Waals surface area contributed by atoms with E-state index in [1.807, 2.05) is 12.1 Å². The van der Waals surface area contributed by atoms with Gasteiger partial charge in [0, 0.05) is 44.7 Å². The zero-order chi connectivity index (χ0) is 26.9. The van der Waals surface area contributed by atoms with Gasteiger partial charge in [0.05, 0.1) is 17.1 Å². The Balaban J connectivity index is 1.46. The molecule has 0 atom stereocenters. The number of carbonyl (C=O) groups excluding carboxylic acids is 4. The monoisotopic (exact) mass is 519 g/mol.